The highest BCUT2D eigenvalue weighted by atomic mass is 19.1. The van der Waals surface area contributed by atoms with Gasteiger partial charge in [0.25, 0.3) is 11.5 Å². The first-order chi connectivity index (χ1) is 17.4. The molecule has 3 aromatic rings. The zero-order valence-electron chi connectivity index (χ0n) is 19.4. The molecule has 1 fully saturated rings. The molecular weight excluding hydrogens is 474 g/mol. The second-order valence-corrected chi connectivity index (χ2v) is 8.44. The summed E-state index contributed by atoms with van der Waals surface area (Å²) in [5, 5.41) is 6.74. The monoisotopic (exact) mass is 498 g/mol. The smallest absolute Gasteiger partial charge is 0.339 e. The van der Waals surface area contributed by atoms with E-state index in [0.717, 1.165) is 54.8 Å². The van der Waals surface area contributed by atoms with Crippen LogP contribution in [0.25, 0.3) is 0 Å². The van der Waals surface area contributed by atoms with Crippen LogP contribution in [0.2, 0.25) is 0 Å². The van der Waals surface area contributed by atoms with Crippen LogP contribution in [0.15, 0.2) is 53.6 Å². The average molecular weight is 498 g/mol. The number of hydrogen-bond acceptors (Lipinski definition) is 7. The summed E-state index contributed by atoms with van der Waals surface area (Å²) in [5.74, 6) is -3.33. The van der Waals surface area contributed by atoms with Crippen molar-refractivity contribution in [3.63, 3.8) is 0 Å². The van der Waals surface area contributed by atoms with Gasteiger partial charge < -0.3 is 14.8 Å². The Morgan fingerprint density at radius 1 is 1.14 bits per heavy atom. The van der Waals surface area contributed by atoms with Crippen molar-refractivity contribution in [2.45, 2.75) is 38.1 Å². The van der Waals surface area contributed by atoms with Crippen LogP contribution in [0.3, 0.4) is 0 Å². The Labute approximate surface area is 205 Å². The fraction of sp³-hybridized carbons (Fsp3) is 0.320. The maximum Gasteiger partial charge on any atom is 0.339 e. The van der Waals surface area contributed by atoms with E-state index in [2.05, 4.69) is 20.1 Å². The first kappa shape index (κ1) is 25.0. The summed E-state index contributed by atoms with van der Waals surface area (Å²) in [7, 11) is 1.25. The van der Waals surface area contributed by atoms with Gasteiger partial charge in [-0.2, -0.15) is 5.10 Å². The lowest BCUT2D eigenvalue weighted by atomic mass is 9.98. The Hall–Kier alpha value is -4.15. The van der Waals surface area contributed by atoms with Crippen molar-refractivity contribution < 1.29 is 27.8 Å². The van der Waals surface area contributed by atoms with Gasteiger partial charge in [-0.1, -0.05) is 31.7 Å². The fourth-order valence-corrected chi connectivity index (χ4v) is 4.18. The lowest BCUT2D eigenvalue weighted by Crippen LogP contribution is -2.36. The number of halogens is 2. The maximum atomic E-state index is 13.9. The fourth-order valence-electron chi connectivity index (χ4n) is 4.18. The number of hydrogen-bond donors (Lipinski definition) is 1. The number of rotatable bonds is 8. The van der Waals surface area contributed by atoms with Gasteiger partial charge in [-0.3, -0.25) is 9.59 Å². The topological polar surface area (TPSA) is 112 Å². The molecule has 1 atom stereocenters. The molecule has 1 N–H and O–H groups in total. The number of aromatic nitrogens is 3. The molecule has 0 spiro atoms. The van der Waals surface area contributed by atoms with Crippen molar-refractivity contribution in [3.05, 3.63) is 76.3 Å². The van der Waals surface area contributed by atoms with E-state index in [9.17, 15) is 23.2 Å². The van der Waals surface area contributed by atoms with Crippen molar-refractivity contribution in [3.8, 4) is 11.5 Å². The van der Waals surface area contributed by atoms with Crippen molar-refractivity contribution in [1.29, 1.82) is 0 Å². The highest BCUT2D eigenvalue weighted by Gasteiger charge is 2.29. The van der Waals surface area contributed by atoms with E-state index in [-0.39, 0.29) is 23.0 Å². The first-order valence-electron chi connectivity index (χ1n) is 11.4. The second-order valence-electron chi connectivity index (χ2n) is 8.44. The molecule has 1 aliphatic rings. The molecule has 11 heteroatoms. The average Bonchev–Trinajstić information content (AvgIpc) is 3.38. The SMILES string of the molecule is COC(=O)c1ccc(NC(=O)[C@@H](CC2CCCC2)n2ncc(Oc3c(F)cccc3F)cc2=O)nc1. The van der Waals surface area contributed by atoms with E-state index in [1.807, 2.05) is 0 Å². The summed E-state index contributed by atoms with van der Waals surface area (Å²) in [6.45, 7) is 0. The van der Waals surface area contributed by atoms with Crippen molar-refractivity contribution in [2.75, 3.05) is 12.4 Å². The Morgan fingerprint density at radius 3 is 2.47 bits per heavy atom. The molecule has 2 aromatic heterocycles. The summed E-state index contributed by atoms with van der Waals surface area (Å²) in [6.07, 6.45) is 6.72. The number of ether oxygens (including phenoxy) is 2. The molecular formula is C25H24F2N4O5. The second kappa shape index (κ2) is 11.1. The van der Waals surface area contributed by atoms with Gasteiger partial charge in [0.15, 0.2) is 23.1 Å². The molecule has 36 heavy (non-hydrogen) atoms. The largest absolute Gasteiger partial charge is 0.465 e. The number of pyridine rings is 1. The van der Waals surface area contributed by atoms with E-state index in [0.29, 0.717) is 6.42 Å². The molecule has 0 bridgehead atoms. The van der Waals surface area contributed by atoms with Gasteiger partial charge in [-0.05, 0) is 36.6 Å². The number of carbonyl (C=O) groups is 2. The number of nitrogens with zero attached hydrogens (tertiary/aromatic N) is 3. The van der Waals surface area contributed by atoms with Crippen LogP contribution in [0, 0.1) is 17.6 Å². The van der Waals surface area contributed by atoms with Crippen LogP contribution < -0.4 is 15.6 Å². The first-order valence-corrected chi connectivity index (χ1v) is 11.4. The molecule has 9 nitrogen and oxygen atoms in total. The number of amides is 1. The van der Waals surface area contributed by atoms with Crippen LogP contribution in [-0.4, -0.2) is 33.8 Å². The lowest BCUT2D eigenvalue weighted by molar-refractivity contribution is -0.120. The predicted molar refractivity (Wildman–Crippen MR) is 125 cm³/mol. The van der Waals surface area contributed by atoms with E-state index >= 15 is 0 Å². The number of benzene rings is 1. The van der Waals surface area contributed by atoms with Gasteiger partial charge in [0, 0.05) is 12.3 Å². The molecule has 1 aromatic carbocycles. The van der Waals surface area contributed by atoms with E-state index < -0.39 is 40.9 Å². The Balaban J connectivity index is 1.57. The van der Waals surface area contributed by atoms with Gasteiger partial charge in [-0.25, -0.2) is 23.2 Å². The van der Waals surface area contributed by atoms with Gasteiger partial charge in [-0.15, -0.1) is 0 Å². The highest BCUT2D eigenvalue weighted by molar-refractivity contribution is 5.93. The molecule has 0 aliphatic heterocycles. The third-order valence-electron chi connectivity index (χ3n) is 6.00. The summed E-state index contributed by atoms with van der Waals surface area (Å²) in [4.78, 5) is 41.8. The van der Waals surface area contributed by atoms with Crippen molar-refractivity contribution >= 4 is 17.7 Å². The highest BCUT2D eigenvalue weighted by Crippen LogP contribution is 2.32. The van der Waals surface area contributed by atoms with Gasteiger partial charge in [0.05, 0.1) is 18.9 Å². The predicted octanol–water partition coefficient (Wildman–Crippen LogP) is 4.26. The van der Waals surface area contributed by atoms with Crippen LogP contribution in [0.5, 0.6) is 11.5 Å². The minimum absolute atomic E-state index is 0.166. The molecule has 188 valence electrons. The number of carbonyl (C=O) groups excluding carboxylic acids is 2. The molecule has 1 aliphatic carbocycles. The molecule has 0 unspecified atom stereocenters. The maximum absolute atomic E-state index is 13.9. The molecule has 1 amide bonds. The zero-order valence-corrected chi connectivity index (χ0v) is 19.4. The molecule has 1 saturated carbocycles. The van der Waals surface area contributed by atoms with Gasteiger partial charge in [0.1, 0.15) is 11.9 Å². The van der Waals surface area contributed by atoms with E-state index in [1.54, 1.807) is 0 Å². The van der Waals surface area contributed by atoms with Crippen LogP contribution in [-0.2, 0) is 9.53 Å². The number of methoxy groups -OCH3 is 1. The standard InChI is InChI=1S/C25H24F2N4O5/c1-35-25(34)16-9-10-21(28-13-16)30-24(33)20(11-15-5-2-3-6-15)31-22(32)12-17(14-29-31)36-23-18(26)7-4-8-19(23)27/h4,7-10,12-15,20H,2-3,5-6,11H2,1H3,(H,28,30,33)/t20-/m1/s1. The summed E-state index contributed by atoms with van der Waals surface area (Å²) in [6, 6.07) is 6.23. The summed E-state index contributed by atoms with van der Waals surface area (Å²) in [5.41, 5.74) is -0.450. The number of anilines is 1. The van der Waals surface area contributed by atoms with Crippen molar-refractivity contribution in [1.82, 2.24) is 14.8 Å². The normalized spacial score (nSPS) is 14.3. The lowest BCUT2D eigenvalue weighted by Gasteiger charge is -2.21. The minimum atomic E-state index is -0.957. The zero-order chi connectivity index (χ0) is 25.7. The van der Waals surface area contributed by atoms with Crippen LogP contribution >= 0.6 is 0 Å². The minimum Gasteiger partial charge on any atom is -0.465 e. The van der Waals surface area contributed by atoms with Crippen LogP contribution in [0.1, 0.15) is 48.5 Å². The number of esters is 1. The van der Waals surface area contributed by atoms with Gasteiger partial charge >= 0.3 is 5.97 Å². The molecule has 0 radical (unpaired) electrons. The quantitative estimate of drug-likeness (QED) is 0.462. The summed E-state index contributed by atoms with van der Waals surface area (Å²) >= 11 is 0. The summed E-state index contributed by atoms with van der Waals surface area (Å²) < 4.78 is 38.7. The van der Waals surface area contributed by atoms with Crippen LogP contribution in [0.4, 0.5) is 14.6 Å². The molecule has 2 heterocycles. The van der Waals surface area contributed by atoms with E-state index in [4.69, 9.17) is 4.74 Å². The molecule has 4 rings (SSSR count). The molecule has 0 saturated heterocycles. The number of para-hydroxylation sites is 1. The Kier molecular flexibility index (Phi) is 7.67. The number of nitrogens with one attached hydrogen (secondary N) is 1. The third kappa shape index (κ3) is 5.73. The third-order valence-corrected chi connectivity index (χ3v) is 6.00. The van der Waals surface area contributed by atoms with E-state index in [1.165, 1.54) is 31.5 Å². The van der Waals surface area contributed by atoms with Crippen molar-refractivity contribution in [2.24, 2.45) is 5.92 Å². The van der Waals surface area contributed by atoms with Gasteiger partial charge in [0.2, 0.25) is 0 Å². The Morgan fingerprint density at radius 2 is 1.86 bits per heavy atom. The Bertz CT molecular complexity index is 1290.